The molecule has 3 heteroatoms. The highest BCUT2D eigenvalue weighted by Gasteiger charge is 2.07. The van der Waals surface area contributed by atoms with Crippen molar-refractivity contribution in [1.29, 1.82) is 0 Å². The fraction of sp³-hybridized carbons (Fsp3) is 0.500. The summed E-state index contributed by atoms with van der Waals surface area (Å²) in [5, 5.41) is 0. The molecule has 1 rings (SSSR count). The highest BCUT2D eigenvalue weighted by Crippen LogP contribution is 2.23. The van der Waals surface area contributed by atoms with Crippen molar-refractivity contribution in [3.05, 3.63) is 29.3 Å². The molecular formula is C12H19NOS. The van der Waals surface area contributed by atoms with Gasteiger partial charge < -0.3 is 10.5 Å². The first-order chi connectivity index (χ1) is 7.19. The summed E-state index contributed by atoms with van der Waals surface area (Å²) in [5.41, 5.74) is 8.31. The van der Waals surface area contributed by atoms with Crippen LogP contribution in [0.1, 0.15) is 30.5 Å². The minimum atomic E-state index is 0.0804. The van der Waals surface area contributed by atoms with Gasteiger partial charge in [0.25, 0.3) is 0 Å². The third-order valence-corrected chi connectivity index (χ3v) is 2.63. The maximum Gasteiger partial charge on any atom is 0.122 e. The van der Waals surface area contributed by atoms with Crippen LogP contribution >= 0.6 is 12.6 Å². The lowest BCUT2D eigenvalue weighted by Crippen LogP contribution is -2.11. The molecule has 1 aromatic carbocycles. The van der Waals surface area contributed by atoms with E-state index in [4.69, 9.17) is 10.5 Å². The van der Waals surface area contributed by atoms with Crippen LogP contribution in [0.4, 0.5) is 0 Å². The summed E-state index contributed by atoms with van der Waals surface area (Å²) >= 11 is 4.19. The molecule has 0 aliphatic heterocycles. The van der Waals surface area contributed by atoms with E-state index in [1.807, 2.05) is 26.0 Å². The maximum atomic E-state index is 6.01. The van der Waals surface area contributed by atoms with Crippen LogP contribution in [0, 0.1) is 6.92 Å². The van der Waals surface area contributed by atoms with E-state index >= 15 is 0 Å². The Hall–Kier alpha value is -0.670. The summed E-state index contributed by atoms with van der Waals surface area (Å²) in [6.45, 7) is 4.73. The largest absolute Gasteiger partial charge is 0.494 e. The number of nitrogens with two attached hydrogens (primary N) is 1. The van der Waals surface area contributed by atoms with Gasteiger partial charge in [-0.05, 0) is 43.2 Å². The smallest absolute Gasteiger partial charge is 0.122 e. The molecule has 0 aromatic heterocycles. The van der Waals surface area contributed by atoms with E-state index in [-0.39, 0.29) is 6.04 Å². The molecule has 0 spiro atoms. The van der Waals surface area contributed by atoms with Gasteiger partial charge in [-0.2, -0.15) is 12.6 Å². The SMILES string of the molecule is CCOc1ccc(C(N)CCS)cc1C. The molecule has 2 nitrogen and oxygen atoms in total. The average molecular weight is 225 g/mol. The van der Waals surface area contributed by atoms with Crippen molar-refractivity contribution in [2.75, 3.05) is 12.4 Å². The number of hydrogen-bond donors (Lipinski definition) is 2. The van der Waals surface area contributed by atoms with Crippen molar-refractivity contribution in [3.8, 4) is 5.75 Å². The second kappa shape index (κ2) is 6.03. The molecule has 0 aliphatic carbocycles. The molecule has 2 N–H and O–H groups in total. The number of rotatable bonds is 5. The van der Waals surface area contributed by atoms with Gasteiger partial charge in [-0.1, -0.05) is 12.1 Å². The highest BCUT2D eigenvalue weighted by atomic mass is 32.1. The van der Waals surface area contributed by atoms with Crippen LogP contribution < -0.4 is 10.5 Å². The molecule has 1 atom stereocenters. The molecule has 0 saturated heterocycles. The van der Waals surface area contributed by atoms with Crippen LogP contribution in [-0.4, -0.2) is 12.4 Å². The number of aryl methyl sites for hydroxylation is 1. The quantitative estimate of drug-likeness (QED) is 0.756. The van der Waals surface area contributed by atoms with Crippen LogP contribution in [0.25, 0.3) is 0 Å². The number of hydrogen-bond acceptors (Lipinski definition) is 3. The van der Waals surface area contributed by atoms with Crippen LogP contribution in [0.3, 0.4) is 0 Å². The first kappa shape index (κ1) is 12.4. The summed E-state index contributed by atoms with van der Waals surface area (Å²) in [6, 6.07) is 6.20. The minimum absolute atomic E-state index is 0.0804. The average Bonchev–Trinajstić information content (AvgIpc) is 2.21. The minimum Gasteiger partial charge on any atom is -0.494 e. The number of ether oxygens (including phenoxy) is 1. The molecule has 0 amide bonds. The summed E-state index contributed by atoms with van der Waals surface area (Å²) in [6.07, 6.45) is 0.899. The van der Waals surface area contributed by atoms with Crippen molar-refractivity contribution >= 4 is 12.6 Å². The third kappa shape index (κ3) is 3.43. The molecule has 0 bridgehead atoms. The second-order valence-electron chi connectivity index (χ2n) is 3.58. The lowest BCUT2D eigenvalue weighted by Gasteiger charge is -2.13. The van der Waals surface area contributed by atoms with Gasteiger partial charge in [-0.3, -0.25) is 0 Å². The van der Waals surface area contributed by atoms with E-state index < -0.39 is 0 Å². The van der Waals surface area contributed by atoms with Gasteiger partial charge in [-0.25, -0.2) is 0 Å². The standard InChI is InChI=1S/C12H19NOS/c1-3-14-12-5-4-10(8-9(12)2)11(13)6-7-15/h4-5,8,11,15H,3,6-7,13H2,1-2H3. The van der Waals surface area contributed by atoms with E-state index in [0.29, 0.717) is 6.61 Å². The summed E-state index contributed by atoms with van der Waals surface area (Å²) < 4.78 is 5.48. The molecule has 0 aliphatic rings. The fourth-order valence-corrected chi connectivity index (χ4v) is 1.80. The Balaban J connectivity index is 2.81. The zero-order valence-corrected chi connectivity index (χ0v) is 10.3. The van der Waals surface area contributed by atoms with Gasteiger partial charge in [0.1, 0.15) is 5.75 Å². The Morgan fingerprint density at radius 2 is 2.20 bits per heavy atom. The van der Waals surface area contributed by atoms with Gasteiger partial charge in [-0.15, -0.1) is 0 Å². The molecule has 0 saturated carbocycles. The lowest BCUT2D eigenvalue weighted by molar-refractivity contribution is 0.337. The molecule has 1 aromatic rings. The Labute approximate surface area is 97.2 Å². The second-order valence-corrected chi connectivity index (χ2v) is 4.02. The zero-order valence-electron chi connectivity index (χ0n) is 9.36. The maximum absolute atomic E-state index is 6.01. The van der Waals surface area contributed by atoms with Gasteiger partial charge in [0, 0.05) is 6.04 Å². The molecular weight excluding hydrogens is 206 g/mol. The summed E-state index contributed by atoms with van der Waals surface area (Å²) in [4.78, 5) is 0. The van der Waals surface area contributed by atoms with Gasteiger partial charge in [0.2, 0.25) is 0 Å². The Morgan fingerprint density at radius 3 is 2.73 bits per heavy atom. The van der Waals surface area contributed by atoms with Gasteiger partial charge in [0.05, 0.1) is 6.61 Å². The molecule has 0 fully saturated rings. The Bertz CT molecular complexity index is 314. The van der Waals surface area contributed by atoms with Crippen molar-refractivity contribution in [2.24, 2.45) is 5.73 Å². The predicted octanol–water partition coefficient (Wildman–Crippen LogP) is 2.71. The third-order valence-electron chi connectivity index (χ3n) is 2.37. The fourth-order valence-electron chi connectivity index (χ4n) is 1.53. The zero-order chi connectivity index (χ0) is 11.3. The monoisotopic (exact) mass is 225 g/mol. The predicted molar refractivity (Wildman–Crippen MR) is 67.7 cm³/mol. The molecule has 0 radical (unpaired) electrons. The molecule has 15 heavy (non-hydrogen) atoms. The van der Waals surface area contributed by atoms with Crippen molar-refractivity contribution < 1.29 is 4.74 Å². The first-order valence-corrected chi connectivity index (χ1v) is 5.92. The number of benzene rings is 1. The molecule has 1 unspecified atom stereocenters. The Kier molecular flexibility index (Phi) is 4.99. The summed E-state index contributed by atoms with van der Waals surface area (Å²) in [5.74, 6) is 1.76. The van der Waals surface area contributed by atoms with E-state index in [1.54, 1.807) is 0 Å². The van der Waals surface area contributed by atoms with Crippen molar-refractivity contribution in [2.45, 2.75) is 26.3 Å². The van der Waals surface area contributed by atoms with E-state index in [9.17, 15) is 0 Å². The van der Waals surface area contributed by atoms with Crippen LogP contribution in [0.5, 0.6) is 5.75 Å². The van der Waals surface area contributed by atoms with Crippen molar-refractivity contribution in [3.63, 3.8) is 0 Å². The van der Waals surface area contributed by atoms with Crippen molar-refractivity contribution in [1.82, 2.24) is 0 Å². The van der Waals surface area contributed by atoms with Gasteiger partial charge in [0.15, 0.2) is 0 Å². The van der Waals surface area contributed by atoms with Crippen LogP contribution in [0.2, 0.25) is 0 Å². The first-order valence-electron chi connectivity index (χ1n) is 5.28. The van der Waals surface area contributed by atoms with Crippen LogP contribution in [0.15, 0.2) is 18.2 Å². The molecule has 0 heterocycles. The van der Waals surface area contributed by atoms with Gasteiger partial charge >= 0.3 is 0 Å². The van der Waals surface area contributed by atoms with Crippen LogP contribution in [-0.2, 0) is 0 Å². The van der Waals surface area contributed by atoms with E-state index in [0.717, 1.165) is 29.1 Å². The molecule has 84 valence electrons. The van der Waals surface area contributed by atoms with E-state index in [1.165, 1.54) is 0 Å². The highest BCUT2D eigenvalue weighted by molar-refractivity contribution is 7.80. The lowest BCUT2D eigenvalue weighted by atomic mass is 10.0. The Morgan fingerprint density at radius 1 is 1.47 bits per heavy atom. The topological polar surface area (TPSA) is 35.2 Å². The normalized spacial score (nSPS) is 12.5. The van der Waals surface area contributed by atoms with E-state index in [2.05, 4.69) is 18.7 Å². The summed E-state index contributed by atoms with van der Waals surface area (Å²) in [7, 11) is 0. The number of thiol groups is 1.